The predicted octanol–water partition coefficient (Wildman–Crippen LogP) is 0.975. The molecule has 0 bridgehead atoms. The first kappa shape index (κ1) is 12.7. The van der Waals surface area contributed by atoms with E-state index < -0.39 is 0 Å². The Labute approximate surface area is 96.0 Å². The lowest BCUT2D eigenvalue weighted by Gasteiger charge is -2.20. The normalized spacial score (nSPS) is 13.5. The number of carbonyl (C=O) groups is 1. The van der Waals surface area contributed by atoms with Crippen molar-refractivity contribution in [2.24, 2.45) is 0 Å². The summed E-state index contributed by atoms with van der Waals surface area (Å²) in [4.78, 5) is 18.6. The molecular formula is C11H20N4O. The number of nitrogens with zero attached hydrogens (tertiary/aromatic N) is 1. The Kier molecular flexibility index (Phi) is 4.06. The highest BCUT2D eigenvalue weighted by molar-refractivity contribution is 5.78. The fraction of sp³-hybridized carbons (Fsp3) is 0.636. The second kappa shape index (κ2) is 5.12. The average Bonchev–Trinajstić information content (AvgIpc) is 2.66. The van der Waals surface area contributed by atoms with Crippen molar-refractivity contribution < 1.29 is 4.79 Å². The smallest absolute Gasteiger partial charge is 0.234 e. The third-order valence-electron chi connectivity index (χ3n) is 2.09. The van der Waals surface area contributed by atoms with E-state index in [1.165, 1.54) is 0 Å². The van der Waals surface area contributed by atoms with Gasteiger partial charge in [0.1, 0.15) is 5.82 Å². The van der Waals surface area contributed by atoms with E-state index in [0.29, 0.717) is 6.54 Å². The van der Waals surface area contributed by atoms with Crippen LogP contribution in [0, 0.1) is 0 Å². The maximum Gasteiger partial charge on any atom is 0.234 e. The molecule has 0 saturated heterocycles. The SMILES string of the molecule is CC(NC(=O)CNC(C)(C)C)c1ncc[nH]1. The third-order valence-corrected chi connectivity index (χ3v) is 2.09. The largest absolute Gasteiger partial charge is 0.347 e. The van der Waals surface area contributed by atoms with Crippen molar-refractivity contribution in [3.05, 3.63) is 18.2 Å². The summed E-state index contributed by atoms with van der Waals surface area (Å²) in [6.07, 6.45) is 3.41. The zero-order chi connectivity index (χ0) is 12.2. The topological polar surface area (TPSA) is 69.8 Å². The van der Waals surface area contributed by atoms with Crippen LogP contribution in [-0.2, 0) is 4.79 Å². The minimum atomic E-state index is -0.0933. The van der Waals surface area contributed by atoms with Gasteiger partial charge in [0.05, 0.1) is 12.6 Å². The van der Waals surface area contributed by atoms with Crippen LogP contribution < -0.4 is 10.6 Å². The van der Waals surface area contributed by atoms with E-state index in [0.717, 1.165) is 5.82 Å². The molecule has 0 aromatic carbocycles. The molecule has 90 valence electrons. The molecule has 3 N–H and O–H groups in total. The van der Waals surface area contributed by atoms with Gasteiger partial charge in [-0.05, 0) is 27.7 Å². The van der Waals surface area contributed by atoms with Crippen LogP contribution in [0.15, 0.2) is 12.4 Å². The first-order chi connectivity index (χ1) is 7.38. The van der Waals surface area contributed by atoms with Crippen LogP contribution in [-0.4, -0.2) is 28.0 Å². The molecule has 16 heavy (non-hydrogen) atoms. The summed E-state index contributed by atoms with van der Waals surface area (Å²) in [7, 11) is 0. The molecule has 0 aliphatic heterocycles. The van der Waals surface area contributed by atoms with Crippen LogP contribution in [0.4, 0.5) is 0 Å². The van der Waals surface area contributed by atoms with Gasteiger partial charge in [0.2, 0.25) is 5.91 Å². The highest BCUT2D eigenvalue weighted by Gasteiger charge is 2.14. The van der Waals surface area contributed by atoms with Crippen LogP contribution in [0.2, 0.25) is 0 Å². The summed E-state index contributed by atoms with van der Waals surface area (Å²) >= 11 is 0. The molecule has 0 spiro atoms. The number of rotatable bonds is 4. The van der Waals surface area contributed by atoms with Crippen molar-refractivity contribution in [2.45, 2.75) is 39.3 Å². The first-order valence-corrected chi connectivity index (χ1v) is 5.42. The zero-order valence-corrected chi connectivity index (χ0v) is 10.3. The quantitative estimate of drug-likeness (QED) is 0.714. The molecule has 0 radical (unpaired) electrons. The highest BCUT2D eigenvalue weighted by Crippen LogP contribution is 2.04. The first-order valence-electron chi connectivity index (χ1n) is 5.42. The van der Waals surface area contributed by atoms with Crippen molar-refractivity contribution >= 4 is 5.91 Å². The van der Waals surface area contributed by atoms with Crippen LogP contribution in [0.25, 0.3) is 0 Å². The maximum absolute atomic E-state index is 11.6. The van der Waals surface area contributed by atoms with E-state index in [-0.39, 0.29) is 17.5 Å². The number of aromatic nitrogens is 2. The van der Waals surface area contributed by atoms with Crippen LogP contribution in [0.3, 0.4) is 0 Å². The molecule has 5 heteroatoms. The lowest BCUT2D eigenvalue weighted by molar-refractivity contribution is -0.121. The summed E-state index contributed by atoms with van der Waals surface area (Å²) < 4.78 is 0. The minimum absolute atomic E-state index is 0.0289. The summed E-state index contributed by atoms with van der Waals surface area (Å²) in [6, 6.07) is -0.0933. The second-order valence-electron chi connectivity index (χ2n) is 4.87. The molecule has 1 atom stereocenters. The van der Waals surface area contributed by atoms with Crippen LogP contribution >= 0.6 is 0 Å². The minimum Gasteiger partial charge on any atom is -0.347 e. The molecule has 5 nitrogen and oxygen atoms in total. The van der Waals surface area contributed by atoms with E-state index >= 15 is 0 Å². The van der Waals surface area contributed by atoms with E-state index in [1.807, 2.05) is 27.7 Å². The van der Waals surface area contributed by atoms with Gasteiger partial charge in [-0.25, -0.2) is 4.98 Å². The molecule has 0 aliphatic carbocycles. The van der Waals surface area contributed by atoms with Crippen LogP contribution in [0.5, 0.6) is 0 Å². The summed E-state index contributed by atoms with van der Waals surface area (Å²) in [5.41, 5.74) is -0.0503. The number of aromatic amines is 1. The molecule has 1 amide bonds. The zero-order valence-electron chi connectivity index (χ0n) is 10.3. The van der Waals surface area contributed by atoms with Gasteiger partial charge in [-0.1, -0.05) is 0 Å². The number of hydrogen-bond acceptors (Lipinski definition) is 3. The average molecular weight is 224 g/mol. The summed E-state index contributed by atoms with van der Waals surface area (Å²) in [6.45, 7) is 8.28. The Hall–Kier alpha value is -1.36. The molecule has 1 rings (SSSR count). The molecular weight excluding hydrogens is 204 g/mol. The number of carbonyl (C=O) groups excluding carboxylic acids is 1. The second-order valence-corrected chi connectivity index (χ2v) is 4.87. The van der Waals surface area contributed by atoms with Crippen molar-refractivity contribution in [3.63, 3.8) is 0 Å². The number of H-pyrrole nitrogens is 1. The van der Waals surface area contributed by atoms with E-state index in [1.54, 1.807) is 12.4 Å². The van der Waals surface area contributed by atoms with E-state index in [9.17, 15) is 4.79 Å². The van der Waals surface area contributed by atoms with Gasteiger partial charge in [0.15, 0.2) is 0 Å². The van der Waals surface area contributed by atoms with Gasteiger partial charge in [-0.15, -0.1) is 0 Å². The van der Waals surface area contributed by atoms with Crippen molar-refractivity contribution in [1.29, 1.82) is 0 Å². The van der Waals surface area contributed by atoms with Gasteiger partial charge in [0.25, 0.3) is 0 Å². The van der Waals surface area contributed by atoms with E-state index in [4.69, 9.17) is 0 Å². The maximum atomic E-state index is 11.6. The lowest BCUT2D eigenvalue weighted by Crippen LogP contribution is -2.43. The number of hydrogen-bond donors (Lipinski definition) is 3. The van der Waals surface area contributed by atoms with Gasteiger partial charge >= 0.3 is 0 Å². The standard InChI is InChI=1S/C11H20N4O/c1-8(10-12-5-6-13-10)15-9(16)7-14-11(2,3)4/h5-6,8,14H,7H2,1-4H3,(H,12,13)(H,15,16). The third kappa shape index (κ3) is 4.44. The molecule has 1 unspecified atom stereocenters. The van der Waals surface area contributed by atoms with E-state index in [2.05, 4.69) is 20.6 Å². The van der Waals surface area contributed by atoms with Crippen LogP contribution in [0.1, 0.15) is 39.6 Å². The lowest BCUT2D eigenvalue weighted by atomic mass is 10.1. The number of amides is 1. The Balaban J connectivity index is 2.35. The molecule has 1 heterocycles. The molecule has 0 aliphatic rings. The fourth-order valence-electron chi connectivity index (χ4n) is 1.22. The Morgan fingerprint density at radius 3 is 2.75 bits per heavy atom. The molecule has 1 aromatic rings. The van der Waals surface area contributed by atoms with Gasteiger partial charge in [-0.3, -0.25) is 4.79 Å². The van der Waals surface area contributed by atoms with Crippen molar-refractivity contribution in [2.75, 3.05) is 6.54 Å². The summed E-state index contributed by atoms with van der Waals surface area (Å²) in [5, 5.41) is 5.99. The van der Waals surface area contributed by atoms with Gasteiger partial charge in [-0.2, -0.15) is 0 Å². The molecule has 0 fully saturated rings. The molecule has 0 saturated carbocycles. The predicted molar refractivity (Wildman–Crippen MR) is 62.9 cm³/mol. The summed E-state index contributed by atoms with van der Waals surface area (Å²) in [5.74, 6) is 0.739. The number of nitrogens with one attached hydrogen (secondary N) is 3. The van der Waals surface area contributed by atoms with Gasteiger partial charge in [0, 0.05) is 17.9 Å². The highest BCUT2D eigenvalue weighted by atomic mass is 16.2. The Morgan fingerprint density at radius 2 is 2.25 bits per heavy atom. The fourth-order valence-corrected chi connectivity index (χ4v) is 1.22. The van der Waals surface area contributed by atoms with Gasteiger partial charge < -0.3 is 15.6 Å². The molecule has 1 aromatic heterocycles. The van der Waals surface area contributed by atoms with Crippen molar-refractivity contribution in [3.8, 4) is 0 Å². The Morgan fingerprint density at radius 1 is 1.56 bits per heavy atom. The van der Waals surface area contributed by atoms with Crippen molar-refractivity contribution in [1.82, 2.24) is 20.6 Å². The monoisotopic (exact) mass is 224 g/mol. The number of imidazole rings is 1. The Bertz CT molecular complexity index is 326.